The number of hydrogen-bond donors (Lipinski definition) is 1. The van der Waals surface area contributed by atoms with Crippen LogP contribution in [0.1, 0.15) is 30.1 Å². The first-order valence-corrected chi connectivity index (χ1v) is 10.7. The van der Waals surface area contributed by atoms with E-state index in [4.69, 9.17) is 4.74 Å². The number of benzene rings is 2. The van der Waals surface area contributed by atoms with Crippen LogP contribution in [0.3, 0.4) is 0 Å². The van der Waals surface area contributed by atoms with Gasteiger partial charge in [0.05, 0.1) is 18.7 Å². The Morgan fingerprint density at radius 1 is 1.00 bits per heavy atom. The second kappa shape index (κ2) is 9.60. The number of rotatable bonds is 6. The van der Waals surface area contributed by atoms with Gasteiger partial charge in [0.1, 0.15) is 5.75 Å². The van der Waals surface area contributed by atoms with Crippen molar-refractivity contribution in [2.45, 2.75) is 19.8 Å². The molecule has 1 amide bonds. The molecule has 7 nitrogen and oxygen atoms in total. The highest BCUT2D eigenvalue weighted by molar-refractivity contribution is 5.96. The summed E-state index contributed by atoms with van der Waals surface area (Å²) in [5, 5.41) is 11.8. The Kier molecular flexibility index (Phi) is 6.44. The predicted octanol–water partition coefficient (Wildman–Crippen LogP) is 4.21. The quantitative estimate of drug-likeness (QED) is 0.590. The first-order chi connectivity index (χ1) is 15.5. The molecule has 4 rings (SSSR count). The van der Waals surface area contributed by atoms with Crippen molar-refractivity contribution in [1.82, 2.24) is 10.2 Å². The van der Waals surface area contributed by atoms with E-state index in [-0.39, 0.29) is 17.6 Å². The summed E-state index contributed by atoms with van der Waals surface area (Å²) >= 11 is 0. The molecule has 32 heavy (non-hydrogen) atoms. The van der Waals surface area contributed by atoms with Crippen LogP contribution in [0.2, 0.25) is 0 Å². The highest BCUT2D eigenvalue weighted by Gasteiger charge is 2.27. The predicted molar refractivity (Wildman–Crippen MR) is 124 cm³/mol. The van der Waals surface area contributed by atoms with Crippen molar-refractivity contribution in [3.05, 3.63) is 66.2 Å². The number of Topliss-reactive ketones (excluding diaryl/α,β-unsaturated/α-hetero) is 1. The van der Waals surface area contributed by atoms with Crippen molar-refractivity contribution in [1.29, 1.82) is 0 Å². The fourth-order valence-corrected chi connectivity index (χ4v) is 3.84. The molecule has 1 unspecified atom stereocenters. The largest absolute Gasteiger partial charge is 0.497 e. The fraction of sp³-hybridized carbons (Fsp3) is 0.280. The van der Waals surface area contributed by atoms with Crippen LogP contribution in [-0.4, -0.2) is 42.1 Å². The van der Waals surface area contributed by atoms with Crippen LogP contribution >= 0.6 is 0 Å². The molecule has 3 aromatic rings. The van der Waals surface area contributed by atoms with Crippen LogP contribution in [0.25, 0.3) is 11.3 Å². The van der Waals surface area contributed by atoms with Crippen molar-refractivity contribution >= 4 is 23.2 Å². The Balaban J connectivity index is 1.39. The van der Waals surface area contributed by atoms with Crippen LogP contribution in [0.5, 0.6) is 5.75 Å². The summed E-state index contributed by atoms with van der Waals surface area (Å²) in [6.07, 6.45) is 1.73. The Bertz CT molecular complexity index is 1080. The lowest BCUT2D eigenvalue weighted by Crippen LogP contribution is -2.41. The molecule has 1 N–H and O–H groups in total. The summed E-state index contributed by atoms with van der Waals surface area (Å²) in [6.45, 7) is 2.96. The molecule has 0 spiro atoms. The van der Waals surface area contributed by atoms with Gasteiger partial charge in [0, 0.05) is 29.9 Å². The lowest BCUT2D eigenvalue weighted by Gasteiger charge is -2.32. The molecular formula is C25H26N4O3. The summed E-state index contributed by atoms with van der Waals surface area (Å²) in [6, 6.07) is 18.6. The zero-order valence-corrected chi connectivity index (χ0v) is 18.2. The molecule has 1 fully saturated rings. The molecule has 1 aliphatic rings. The fourth-order valence-electron chi connectivity index (χ4n) is 3.84. The SMILES string of the molecule is COc1ccc(-c2ccc(N3CCCC(C(=O)Nc4ccc(C(C)=O)cc4)C3)nn2)cc1. The van der Waals surface area contributed by atoms with Crippen molar-refractivity contribution in [3.63, 3.8) is 0 Å². The number of ketones is 1. The molecule has 0 saturated carbocycles. The molecule has 0 aliphatic carbocycles. The number of nitrogens with zero attached hydrogens (tertiary/aromatic N) is 3. The Morgan fingerprint density at radius 2 is 1.75 bits per heavy atom. The molecule has 7 heteroatoms. The number of nitrogens with one attached hydrogen (secondary N) is 1. The van der Waals surface area contributed by atoms with Gasteiger partial charge in [0.15, 0.2) is 11.6 Å². The minimum absolute atomic E-state index is 0.00455. The molecule has 0 bridgehead atoms. The van der Waals surface area contributed by atoms with E-state index in [0.717, 1.165) is 42.2 Å². The third kappa shape index (κ3) is 4.94. The van der Waals surface area contributed by atoms with Crippen LogP contribution < -0.4 is 15.0 Å². The van der Waals surface area contributed by atoms with Gasteiger partial charge < -0.3 is 15.0 Å². The van der Waals surface area contributed by atoms with Gasteiger partial charge in [-0.2, -0.15) is 0 Å². The molecule has 0 radical (unpaired) electrons. The van der Waals surface area contributed by atoms with E-state index in [1.807, 2.05) is 36.4 Å². The molecule has 1 saturated heterocycles. The molecule has 1 atom stereocenters. The second-order valence-corrected chi connectivity index (χ2v) is 7.91. The van der Waals surface area contributed by atoms with Crippen molar-refractivity contribution < 1.29 is 14.3 Å². The molecule has 164 valence electrons. The summed E-state index contributed by atoms with van der Waals surface area (Å²) in [4.78, 5) is 26.3. The maximum Gasteiger partial charge on any atom is 0.229 e. The van der Waals surface area contributed by atoms with E-state index in [9.17, 15) is 9.59 Å². The van der Waals surface area contributed by atoms with E-state index in [1.165, 1.54) is 6.92 Å². The zero-order valence-electron chi connectivity index (χ0n) is 18.2. The highest BCUT2D eigenvalue weighted by Crippen LogP contribution is 2.25. The van der Waals surface area contributed by atoms with Gasteiger partial charge in [-0.15, -0.1) is 10.2 Å². The Labute approximate surface area is 187 Å². The van der Waals surface area contributed by atoms with Gasteiger partial charge in [0.2, 0.25) is 5.91 Å². The highest BCUT2D eigenvalue weighted by atomic mass is 16.5. The smallest absolute Gasteiger partial charge is 0.229 e. The number of anilines is 2. The molecule has 1 aromatic heterocycles. The second-order valence-electron chi connectivity index (χ2n) is 7.91. The van der Waals surface area contributed by atoms with E-state index in [2.05, 4.69) is 20.4 Å². The maximum atomic E-state index is 12.8. The number of aromatic nitrogens is 2. The van der Waals surface area contributed by atoms with Crippen molar-refractivity contribution in [3.8, 4) is 17.0 Å². The first-order valence-electron chi connectivity index (χ1n) is 10.7. The number of carbonyl (C=O) groups is 2. The number of ether oxygens (including phenoxy) is 1. The lowest BCUT2D eigenvalue weighted by molar-refractivity contribution is -0.120. The minimum atomic E-state index is -0.140. The van der Waals surface area contributed by atoms with E-state index in [0.29, 0.717) is 17.8 Å². The van der Waals surface area contributed by atoms with Gasteiger partial charge in [-0.25, -0.2) is 0 Å². The lowest BCUT2D eigenvalue weighted by atomic mass is 9.97. The summed E-state index contributed by atoms with van der Waals surface area (Å²) in [5.74, 6) is 1.41. The summed E-state index contributed by atoms with van der Waals surface area (Å²) in [7, 11) is 1.64. The zero-order chi connectivity index (χ0) is 22.5. The molecule has 1 aliphatic heterocycles. The van der Waals surface area contributed by atoms with E-state index < -0.39 is 0 Å². The third-order valence-corrected chi connectivity index (χ3v) is 5.71. The Morgan fingerprint density at radius 3 is 2.38 bits per heavy atom. The van der Waals surface area contributed by atoms with Crippen LogP contribution in [0, 0.1) is 5.92 Å². The van der Waals surface area contributed by atoms with Gasteiger partial charge >= 0.3 is 0 Å². The van der Waals surface area contributed by atoms with Crippen LogP contribution in [0.4, 0.5) is 11.5 Å². The number of methoxy groups -OCH3 is 1. The monoisotopic (exact) mass is 430 g/mol. The van der Waals surface area contributed by atoms with Crippen molar-refractivity contribution in [2.75, 3.05) is 30.4 Å². The average molecular weight is 431 g/mol. The average Bonchev–Trinajstić information content (AvgIpc) is 2.84. The summed E-state index contributed by atoms with van der Waals surface area (Å²) in [5.41, 5.74) is 3.08. The number of piperidine rings is 1. The molecule has 2 heterocycles. The van der Waals surface area contributed by atoms with E-state index in [1.54, 1.807) is 31.4 Å². The number of hydrogen-bond acceptors (Lipinski definition) is 6. The van der Waals surface area contributed by atoms with Crippen LogP contribution in [-0.2, 0) is 4.79 Å². The summed E-state index contributed by atoms with van der Waals surface area (Å²) < 4.78 is 5.20. The van der Waals surface area contributed by atoms with Crippen LogP contribution in [0.15, 0.2) is 60.7 Å². The molecule has 2 aromatic carbocycles. The molecular weight excluding hydrogens is 404 g/mol. The van der Waals surface area contributed by atoms with Gasteiger partial charge in [-0.3, -0.25) is 9.59 Å². The third-order valence-electron chi connectivity index (χ3n) is 5.71. The van der Waals surface area contributed by atoms with E-state index >= 15 is 0 Å². The normalized spacial score (nSPS) is 15.8. The standard InChI is InChI=1S/C25H26N4O3/c1-17(30)18-5-9-21(10-6-18)26-25(31)20-4-3-15-29(16-20)24-14-13-23(27-28-24)19-7-11-22(32-2)12-8-19/h5-14,20H,3-4,15-16H2,1-2H3,(H,26,31). The number of carbonyl (C=O) groups excluding carboxylic acids is 2. The van der Waals surface area contributed by atoms with Gasteiger partial charge in [-0.1, -0.05) is 0 Å². The number of amides is 1. The van der Waals surface area contributed by atoms with Gasteiger partial charge in [0.25, 0.3) is 0 Å². The van der Waals surface area contributed by atoms with Crippen molar-refractivity contribution in [2.24, 2.45) is 5.92 Å². The first kappa shape index (κ1) is 21.5. The topological polar surface area (TPSA) is 84.4 Å². The Hall–Kier alpha value is -3.74. The van der Waals surface area contributed by atoms with Gasteiger partial charge in [-0.05, 0) is 80.4 Å². The maximum absolute atomic E-state index is 12.8. The minimum Gasteiger partial charge on any atom is -0.497 e.